The zero-order valence-electron chi connectivity index (χ0n) is 14.7. The van der Waals surface area contributed by atoms with Crippen LogP contribution in [0.1, 0.15) is 44.0 Å². The number of carbonyl (C=O) groups excluding carboxylic acids is 2. The quantitative estimate of drug-likeness (QED) is 0.532. The van der Waals surface area contributed by atoms with E-state index in [1.807, 2.05) is 0 Å². The number of esters is 1. The number of benzene rings is 1. The van der Waals surface area contributed by atoms with E-state index in [9.17, 15) is 9.59 Å². The summed E-state index contributed by atoms with van der Waals surface area (Å²) in [5, 5.41) is 3.88. The minimum absolute atomic E-state index is 0.0597. The summed E-state index contributed by atoms with van der Waals surface area (Å²) in [6.07, 6.45) is 4.07. The number of hydrogen-bond acceptors (Lipinski definition) is 6. The lowest BCUT2D eigenvalue weighted by Crippen LogP contribution is -2.16. The van der Waals surface area contributed by atoms with Crippen molar-refractivity contribution in [2.75, 3.05) is 26.1 Å². The average molecular weight is 438 g/mol. The predicted molar refractivity (Wildman–Crippen MR) is 106 cm³/mol. The predicted octanol–water partition coefficient (Wildman–Crippen LogP) is 4.48. The summed E-state index contributed by atoms with van der Waals surface area (Å²) in [5.74, 6) is 0.274. The van der Waals surface area contributed by atoms with Crippen LogP contribution in [0.2, 0.25) is 0 Å². The van der Waals surface area contributed by atoms with E-state index in [0.717, 1.165) is 40.7 Å². The van der Waals surface area contributed by atoms with Gasteiger partial charge >= 0.3 is 5.97 Å². The van der Waals surface area contributed by atoms with Crippen molar-refractivity contribution in [3.05, 3.63) is 44.2 Å². The lowest BCUT2D eigenvalue weighted by Gasteiger charge is -2.12. The van der Waals surface area contributed by atoms with Gasteiger partial charge in [0.15, 0.2) is 5.78 Å². The van der Waals surface area contributed by atoms with Gasteiger partial charge in [-0.3, -0.25) is 4.79 Å². The first kappa shape index (κ1) is 18.9. The summed E-state index contributed by atoms with van der Waals surface area (Å²) in [4.78, 5) is 26.0. The summed E-state index contributed by atoms with van der Waals surface area (Å²) in [6, 6.07) is 5.22. The van der Waals surface area contributed by atoms with Gasteiger partial charge in [0.25, 0.3) is 0 Å². The molecule has 1 aliphatic rings. The molecule has 0 saturated carbocycles. The molecule has 1 aliphatic carbocycles. The number of Topliss-reactive ketones (excluding diaryl/α,β-unsaturated/α-hetero) is 1. The molecule has 0 bridgehead atoms. The maximum atomic E-state index is 12.5. The zero-order valence-corrected chi connectivity index (χ0v) is 17.1. The molecule has 0 atom stereocenters. The number of halogens is 1. The third kappa shape index (κ3) is 3.78. The van der Waals surface area contributed by atoms with E-state index in [1.165, 1.54) is 12.0 Å². The SMILES string of the molecule is COC(=O)c1c(NCC(=O)c2ccc(OC)c(Br)c2)sc2c1CCCC2. The molecular weight excluding hydrogens is 418 g/mol. The lowest BCUT2D eigenvalue weighted by molar-refractivity contribution is 0.0600. The van der Waals surface area contributed by atoms with Gasteiger partial charge in [0, 0.05) is 10.4 Å². The molecule has 1 aromatic carbocycles. The maximum Gasteiger partial charge on any atom is 0.341 e. The van der Waals surface area contributed by atoms with Gasteiger partial charge in [0.05, 0.1) is 30.8 Å². The van der Waals surface area contributed by atoms with Crippen molar-refractivity contribution in [2.24, 2.45) is 0 Å². The lowest BCUT2D eigenvalue weighted by atomic mass is 9.95. The highest BCUT2D eigenvalue weighted by molar-refractivity contribution is 9.10. The molecule has 0 unspecified atom stereocenters. The molecule has 5 nitrogen and oxygen atoms in total. The third-order valence-corrected chi connectivity index (χ3v) is 6.31. The van der Waals surface area contributed by atoms with Crippen molar-refractivity contribution in [3.8, 4) is 5.75 Å². The molecule has 0 spiro atoms. The third-order valence-electron chi connectivity index (χ3n) is 4.44. The minimum atomic E-state index is -0.341. The molecule has 1 aromatic heterocycles. The van der Waals surface area contributed by atoms with Gasteiger partial charge in [-0.15, -0.1) is 11.3 Å². The molecule has 1 heterocycles. The number of nitrogens with one attached hydrogen (secondary N) is 1. The first-order valence-electron chi connectivity index (χ1n) is 8.38. The van der Waals surface area contributed by atoms with Crippen molar-refractivity contribution in [1.29, 1.82) is 0 Å². The topological polar surface area (TPSA) is 64.6 Å². The number of anilines is 1. The van der Waals surface area contributed by atoms with Gasteiger partial charge in [-0.2, -0.15) is 0 Å². The molecule has 1 N–H and O–H groups in total. The Balaban J connectivity index is 1.79. The number of rotatable bonds is 6. The van der Waals surface area contributed by atoms with Crippen LogP contribution in [0, 0.1) is 0 Å². The Morgan fingerprint density at radius 1 is 1.23 bits per heavy atom. The van der Waals surface area contributed by atoms with Crippen LogP contribution in [0.3, 0.4) is 0 Å². The highest BCUT2D eigenvalue weighted by atomic mass is 79.9. The van der Waals surface area contributed by atoms with E-state index in [4.69, 9.17) is 9.47 Å². The van der Waals surface area contributed by atoms with Gasteiger partial charge in [-0.05, 0) is 65.4 Å². The summed E-state index contributed by atoms with van der Waals surface area (Å²) in [6.45, 7) is 0.113. The normalized spacial score (nSPS) is 13.0. The zero-order chi connectivity index (χ0) is 18.7. The summed E-state index contributed by atoms with van der Waals surface area (Å²) in [7, 11) is 2.97. The van der Waals surface area contributed by atoms with Gasteiger partial charge in [0.1, 0.15) is 10.8 Å². The van der Waals surface area contributed by atoms with E-state index < -0.39 is 0 Å². The number of hydrogen-bond donors (Lipinski definition) is 1. The minimum Gasteiger partial charge on any atom is -0.496 e. The Morgan fingerprint density at radius 3 is 2.69 bits per heavy atom. The van der Waals surface area contributed by atoms with E-state index in [2.05, 4.69) is 21.2 Å². The summed E-state index contributed by atoms with van der Waals surface area (Å²) in [5.41, 5.74) is 2.25. The van der Waals surface area contributed by atoms with Crippen molar-refractivity contribution >= 4 is 44.0 Å². The average Bonchev–Trinajstić information content (AvgIpc) is 3.03. The summed E-state index contributed by atoms with van der Waals surface area (Å²) >= 11 is 4.95. The number of ether oxygens (including phenoxy) is 2. The molecule has 7 heteroatoms. The molecule has 138 valence electrons. The van der Waals surface area contributed by atoms with Crippen molar-refractivity contribution in [1.82, 2.24) is 0 Å². The molecule has 0 amide bonds. The largest absolute Gasteiger partial charge is 0.496 e. The Kier molecular flexibility index (Phi) is 5.98. The molecule has 3 rings (SSSR count). The highest BCUT2D eigenvalue weighted by Crippen LogP contribution is 2.38. The number of fused-ring (bicyclic) bond motifs is 1. The van der Waals surface area contributed by atoms with Gasteiger partial charge < -0.3 is 14.8 Å². The van der Waals surface area contributed by atoms with E-state index in [-0.39, 0.29) is 18.3 Å². The first-order valence-corrected chi connectivity index (χ1v) is 9.99. The Bertz CT molecular complexity index is 846. The molecule has 0 aliphatic heterocycles. The molecular formula is C19H20BrNO4S. The monoisotopic (exact) mass is 437 g/mol. The van der Waals surface area contributed by atoms with Gasteiger partial charge in [0.2, 0.25) is 0 Å². The van der Waals surface area contributed by atoms with Gasteiger partial charge in [-0.1, -0.05) is 0 Å². The number of aryl methyl sites for hydroxylation is 1. The van der Waals surface area contributed by atoms with E-state index >= 15 is 0 Å². The molecule has 0 fully saturated rings. The second kappa shape index (κ2) is 8.22. The Hall–Kier alpha value is -1.86. The van der Waals surface area contributed by atoms with Crippen LogP contribution < -0.4 is 10.1 Å². The van der Waals surface area contributed by atoms with Crippen molar-refractivity contribution in [2.45, 2.75) is 25.7 Å². The highest BCUT2D eigenvalue weighted by Gasteiger charge is 2.26. The van der Waals surface area contributed by atoms with E-state index in [0.29, 0.717) is 16.9 Å². The number of thiophene rings is 1. The maximum absolute atomic E-state index is 12.5. The van der Waals surface area contributed by atoms with Crippen molar-refractivity contribution in [3.63, 3.8) is 0 Å². The number of carbonyl (C=O) groups is 2. The second-order valence-electron chi connectivity index (χ2n) is 6.03. The van der Waals surface area contributed by atoms with Crippen LogP contribution in [0.25, 0.3) is 0 Å². The fourth-order valence-corrected chi connectivity index (χ4v) is 4.92. The summed E-state index contributed by atoms with van der Waals surface area (Å²) < 4.78 is 10.9. The molecule has 0 saturated heterocycles. The standard InChI is InChI=1S/C19H20BrNO4S/c1-24-15-8-7-11(9-13(15)20)14(22)10-21-18-17(19(23)25-2)12-5-3-4-6-16(12)26-18/h7-9,21H,3-6,10H2,1-2H3. The van der Waals surface area contributed by atoms with Crippen LogP contribution in [-0.4, -0.2) is 32.5 Å². The van der Waals surface area contributed by atoms with Gasteiger partial charge in [-0.25, -0.2) is 4.79 Å². The van der Waals surface area contributed by atoms with Crippen LogP contribution in [0.4, 0.5) is 5.00 Å². The van der Waals surface area contributed by atoms with Crippen LogP contribution >= 0.6 is 27.3 Å². The van der Waals surface area contributed by atoms with Crippen LogP contribution in [-0.2, 0) is 17.6 Å². The van der Waals surface area contributed by atoms with E-state index in [1.54, 1.807) is 36.6 Å². The van der Waals surface area contributed by atoms with Crippen LogP contribution in [0.15, 0.2) is 22.7 Å². The van der Waals surface area contributed by atoms with Crippen molar-refractivity contribution < 1.29 is 19.1 Å². The first-order chi connectivity index (χ1) is 12.5. The smallest absolute Gasteiger partial charge is 0.341 e. The molecule has 2 aromatic rings. The fourth-order valence-electron chi connectivity index (χ4n) is 3.11. The molecule has 0 radical (unpaired) electrons. The number of ketones is 1. The fraction of sp³-hybridized carbons (Fsp3) is 0.368. The Morgan fingerprint density at radius 2 is 2.00 bits per heavy atom. The second-order valence-corrected chi connectivity index (χ2v) is 7.99. The number of methoxy groups -OCH3 is 2. The van der Waals surface area contributed by atoms with Crippen LogP contribution in [0.5, 0.6) is 5.75 Å². The molecule has 26 heavy (non-hydrogen) atoms. The Labute approximate surface area is 164 Å².